The molecule has 2 fully saturated rings. The Bertz CT molecular complexity index is 1300. The molecule has 216 valence electrons. The number of carbonyl (C=O) groups excluding carboxylic acids is 2. The number of aromatic nitrogens is 4. The van der Waals surface area contributed by atoms with Crippen LogP contribution in [-0.4, -0.2) is 92.4 Å². The molecule has 2 aromatic heterocycles. The van der Waals surface area contributed by atoms with Crippen LogP contribution in [0.25, 0.3) is 11.2 Å². The molecule has 4 rings (SSSR count). The number of phosphoric ester groups is 1. The van der Waals surface area contributed by atoms with E-state index in [0.29, 0.717) is 0 Å². The first-order valence-electron chi connectivity index (χ1n) is 11.9. The van der Waals surface area contributed by atoms with Crippen molar-refractivity contribution in [2.45, 2.75) is 57.3 Å². The lowest BCUT2D eigenvalue weighted by Gasteiger charge is -2.39. The van der Waals surface area contributed by atoms with Crippen molar-refractivity contribution < 1.29 is 47.4 Å². The van der Waals surface area contributed by atoms with E-state index in [1.54, 1.807) is 13.8 Å². The lowest BCUT2D eigenvalue weighted by Crippen LogP contribution is -2.50. The predicted molar refractivity (Wildman–Crippen MR) is 132 cm³/mol. The molecule has 7 N–H and O–H groups in total. The monoisotopic (exact) mass is 573 g/mol. The molecule has 1 unspecified atom stereocenters. The highest BCUT2D eigenvalue weighted by Crippen LogP contribution is 2.57. The van der Waals surface area contributed by atoms with Gasteiger partial charge in [0.15, 0.2) is 23.8 Å². The first-order valence-corrected chi connectivity index (χ1v) is 13.4. The fourth-order valence-electron chi connectivity index (χ4n) is 4.25. The summed E-state index contributed by atoms with van der Waals surface area (Å²) in [5.41, 5.74) is 9.14. The highest BCUT2D eigenvalue weighted by atomic mass is 31.2. The van der Waals surface area contributed by atoms with E-state index >= 15 is 0 Å². The second-order valence-corrected chi connectivity index (χ2v) is 11.7. The van der Waals surface area contributed by atoms with Gasteiger partial charge in [-0.25, -0.2) is 9.55 Å². The molecule has 0 bridgehead atoms. The molecule has 0 saturated carbocycles. The van der Waals surface area contributed by atoms with Crippen LogP contribution < -0.4 is 16.8 Å². The van der Waals surface area contributed by atoms with Crippen LogP contribution in [0.1, 0.15) is 33.4 Å². The third kappa shape index (κ3) is 5.70. The molecule has 2 aromatic rings. The Morgan fingerprint density at radius 2 is 2.03 bits per heavy atom. The fraction of sp³-hybridized carbons (Fsp3) is 0.667. The summed E-state index contributed by atoms with van der Waals surface area (Å²) in [7, 11) is -3.08. The van der Waals surface area contributed by atoms with Crippen LogP contribution in [0.2, 0.25) is 0 Å². The summed E-state index contributed by atoms with van der Waals surface area (Å²) in [5.74, 6) is -1.24. The normalized spacial score (nSPS) is 32.3. The van der Waals surface area contributed by atoms with E-state index in [9.17, 15) is 24.4 Å². The number of fused-ring (bicyclic) bond motifs is 1. The number of ether oxygens (including phenoxy) is 2. The second-order valence-electron chi connectivity index (χ2n) is 10.1. The number of hydrogen-bond acceptors (Lipinski definition) is 15. The maximum absolute atomic E-state index is 13.3. The number of amides is 1. The Labute approximate surface area is 222 Å². The Hall–Kier alpha value is -2.92. The van der Waals surface area contributed by atoms with E-state index in [0.717, 1.165) is 0 Å². The average Bonchev–Trinajstić information content (AvgIpc) is 3.37. The van der Waals surface area contributed by atoms with Gasteiger partial charge in [-0.15, -0.1) is 0 Å². The van der Waals surface area contributed by atoms with Gasteiger partial charge in [0.2, 0.25) is 11.9 Å². The van der Waals surface area contributed by atoms with Crippen LogP contribution in [0.5, 0.6) is 0 Å². The van der Waals surface area contributed by atoms with Gasteiger partial charge in [0.25, 0.3) is 0 Å². The van der Waals surface area contributed by atoms with Crippen molar-refractivity contribution in [1.82, 2.24) is 24.8 Å². The van der Waals surface area contributed by atoms with Gasteiger partial charge in [-0.2, -0.15) is 9.97 Å². The summed E-state index contributed by atoms with van der Waals surface area (Å²) >= 11 is 0. The van der Waals surface area contributed by atoms with Gasteiger partial charge in [0.1, 0.15) is 23.3 Å². The molecule has 18 heteroatoms. The molecule has 0 aromatic carbocycles. The first-order chi connectivity index (χ1) is 18.2. The number of aliphatic hydroxyl groups excluding tert-OH is 1. The SMILES string of the molecule is COC(=O)CCNC(=O)[C@@H]1OP(=O)(OC[C@H]2O[C@@H](n3cnc4c(N)nc(N)nc43)[C@@](C)(O)[C@H]2O)OCC1(C)C. The van der Waals surface area contributed by atoms with Gasteiger partial charge < -0.3 is 36.5 Å². The third-order valence-corrected chi connectivity index (χ3v) is 7.88. The third-order valence-electron chi connectivity index (χ3n) is 6.50. The van der Waals surface area contributed by atoms with Gasteiger partial charge in [-0.05, 0) is 6.92 Å². The average molecular weight is 574 g/mol. The molecule has 39 heavy (non-hydrogen) atoms. The zero-order valence-corrected chi connectivity index (χ0v) is 22.7. The molecule has 2 saturated heterocycles. The van der Waals surface area contributed by atoms with E-state index in [4.69, 9.17) is 29.8 Å². The smallest absolute Gasteiger partial charge is 0.469 e. The van der Waals surface area contributed by atoms with Crippen LogP contribution >= 0.6 is 7.82 Å². The lowest BCUT2D eigenvalue weighted by atomic mass is 9.87. The zero-order valence-electron chi connectivity index (χ0n) is 21.8. The predicted octanol–water partition coefficient (Wildman–Crippen LogP) is -0.754. The quantitative estimate of drug-likeness (QED) is 0.192. The fourth-order valence-corrected chi connectivity index (χ4v) is 5.90. The number of nitrogens with one attached hydrogen (secondary N) is 1. The van der Waals surface area contributed by atoms with Crippen LogP contribution in [0.3, 0.4) is 0 Å². The maximum Gasteiger partial charge on any atom is 0.475 e. The van der Waals surface area contributed by atoms with Crippen LogP contribution in [0.15, 0.2) is 6.33 Å². The topological polar surface area (TPSA) is 245 Å². The number of phosphoric acid groups is 1. The van der Waals surface area contributed by atoms with Gasteiger partial charge in [-0.3, -0.25) is 27.7 Å². The number of hydrogen-bond donors (Lipinski definition) is 5. The van der Waals surface area contributed by atoms with Crippen molar-refractivity contribution in [3.05, 3.63) is 6.33 Å². The summed E-state index contributed by atoms with van der Waals surface area (Å²) in [5, 5.41) is 24.4. The number of aliphatic hydroxyl groups is 2. The standard InChI is InChI=1S/C21H32N7O10P/c1-20(2)8-36-39(33,38-14(20)17(31)24-6-5-11(29)34-4)35-7-10-13(30)21(3,32)18(37-10)28-9-25-12-15(22)26-19(23)27-16(12)28/h9-10,13-14,18,30,32H,5-8H2,1-4H3,(H,24,31)(H4,22,23,26,27)/t10-,13+,14+,18-,21+,39?/m1/s1. The summed E-state index contributed by atoms with van der Waals surface area (Å²) in [6, 6.07) is 0. The Morgan fingerprint density at radius 1 is 1.31 bits per heavy atom. The van der Waals surface area contributed by atoms with Crippen molar-refractivity contribution in [3.8, 4) is 0 Å². The number of nitrogens with two attached hydrogens (primary N) is 2. The summed E-state index contributed by atoms with van der Waals surface area (Å²) in [4.78, 5) is 36.1. The number of esters is 1. The number of rotatable bonds is 8. The molecule has 0 aliphatic carbocycles. The number of methoxy groups -OCH3 is 1. The molecular weight excluding hydrogens is 541 g/mol. The number of anilines is 2. The van der Waals surface area contributed by atoms with Crippen LogP contribution in [0, 0.1) is 5.41 Å². The molecule has 0 radical (unpaired) electrons. The van der Waals surface area contributed by atoms with Gasteiger partial charge in [-0.1, -0.05) is 13.8 Å². The Morgan fingerprint density at radius 3 is 2.72 bits per heavy atom. The minimum absolute atomic E-state index is 0.0167. The van der Waals surface area contributed by atoms with E-state index in [1.807, 2.05) is 0 Å². The molecule has 6 atom stereocenters. The van der Waals surface area contributed by atoms with E-state index in [2.05, 4.69) is 25.0 Å². The minimum Gasteiger partial charge on any atom is -0.469 e. The Kier molecular flexibility index (Phi) is 7.88. The zero-order chi connectivity index (χ0) is 28.8. The maximum atomic E-state index is 13.3. The number of nitrogens with zero attached hydrogens (tertiary/aromatic N) is 4. The van der Waals surface area contributed by atoms with E-state index < -0.39 is 61.9 Å². The summed E-state index contributed by atoms with van der Waals surface area (Å²) in [6.07, 6.45) is -3.96. The van der Waals surface area contributed by atoms with Gasteiger partial charge in [0.05, 0.1) is 33.1 Å². The van der Waals surface area contributed by atoms with Gasteiger partial charge in [0, 0.05) is 12.0 Å². The lowest BCUT2D eigenvalue weighted by molar-refractivity contribution is -0.143. The molecule has 0 spiro atoms. The second kappa shape index (κ2) is 10.6. The number of carbonyl (C=O) groups is 2. The van der Waals surface area contributed by atoms with E-state index in [-0.39, 0.29) is 42.5 Å². The minimum atomic E-state index is -4.31. The molecular formula is C21H32N7O10P. The Balaban J connectivity index is 1.45. The first kappa shape index (κ1) is 29.1. The molecule has 1 amide bonds. The van der Waals surface area contributed by atoms with Crippen molar-refractivity contribution in [2.75, 3.05) is 38.3 Å². The number of nitrogen functional groups attached to an aromatic ring is 2. The summed E-state index contributed by atoms with van der Waals surface area (Å²) in [6.45, 7) is 3.97. The van der Waals surface area contributed by atoms with Crippen molar-refractivity contribution in [1.29, 1.82) is 0 Å². The molecule has 2 aliphatic rings. The van der Waals surface area contributed by atoms with Crippen LogP contribution in [-0.2, 0) is 37.2 Å². The van der Waals surface area contributed by atoms with Crippen molar-refractivity contribution in [2.24, 2.45) is 5.41 Å². The van der Waals surface area contributed by atoms with Crippen molar-refractivity contribution >= 4 is 42.6 Å². The highest BCUT2D eigenvalue weighted by molar-refractivity contribution is 7.48. The summed E-state index contributed by atoms with van der Waals surface area (Å²) < 4.78 is 41.3. The molecule has 4 heterocycles. The molecule has 17 nitrogen and oxygen atoms in total. The van der Waals surface area contributed by atoms with Crippen molar-refractivity contribution in [3.63, 3.8) is 0 Å². The highest BCUT2D eigenvalue weighted by Gasteiger charge is 2.55. The van der Waals surface area contributed by atoms with Gasteiger partial charge >= 0.3 is 13.8 Å². The largest absolute Gasteiger partial charge is 0.475 e. The molecule has 2 aliphatic heterocycles. The van der Waals surface area contributed by atoms with Crippen LogP contribution in [0.4, 0.5) is 11.8 Å². The van der Waals surface area contributed by atoms with E-state index in [1.165, 1.54) is 24.9 Å². The number of imidazole rings is 1.